The van der Waals surface area contributed by atoms with Gasteiger partial charge in [0, 0.05) is 5.41 Å². The van der Waals surface area contributed by atoms with Gasteiger partial charge in [0.25, 0.3) is 0 Å². The molecule has 0 aromatic rings. The number of hydrogen-bond acceptors (Lipinski definition) is 6. The third kappa shape index (κ3) is 1.62. The molecule has 0 amide bonds. The summed E-state index contributed by atoms with van der Waals surface area (Å²) < 4.78 is 23.8. The molecule has 6 heteroatoms. The molecular weight excluding hydrogens is 336 g/mol. The van der Waals surface area contributed by atoms with Crippen molar-refractivity contribution < 1.29 is 28.8 Å². The lowest BCUT2D eigenvalue weighted by Crippen LogP contribution is -2.71. The van der Waals surface area contributed by atoms with Gasteiger partial charge in [-0.15, -0.1) is 0 Å². The molecule has 4 aliphatic heterocycles. The van der Waals surface area contributed by atoms with Crippen LogP contribution in [-0.4, -0.2) is 55.0 Å². The molecule has 6 nitrogen and oxygen atoms in total. The molecule has 0 aromatic heterocycles. The lowest BCUT2D eigenvalue weighted by atomic mass is 9.41. The van der Waals surface area contributed by atoms with Gasteiger partial charge in [-0.25, -0.2) is 4.79 Å². The molecular formula is C20H26O6. The average molecular weight is 362 g/mol. The van der Waals surface area contributed by atoms with E-state index in [1.807, 2.05) is 6.08 Å². The normalized spacial score (nSPS) is 57.4. The number of cyclic esters (lactones) is 1. The summed E-state index contributed by atoms with van der Waals surface area (Å²) in [6.45, 7) is 3.79. The maximum absolute atomic E-state index is 12.1. The first-order valence-electron chi connectivity index (χ1n) is 10.00. The first-order valence-corrected chi connectivity index (χ1v) is 10.00. The van der Waals surface area contributed by atoms with Gasteiger partial charge in [0.2, 0.25) is 0 Å². The van der Waals surface area contributed by atoms with Gasteiger partial charge in [-0.2, -0.15) is 0 Å². The Hall–Kier alpha value is -0.950. The van der Waals surface area contributed by atoms with Crippen LogP contribution >= 0.6 is 0 Å². The quantitative estimate of drug-likeness (QED) is 0.563. The Labute approximate surface area is 152 Å². The second-order valence-electron chi connectivity index (χ2n) is 9.26. The molecule has 6 rings (SSSR count). The molecule has 8 atom stereocenters. The monoisotopic (exact) mass is 362 g/mol. The van der Waals surface area contributed by atoms with Gasteiger partial charge in [0.1, 0.15) is 12.2 Å². The second-order valence-corrected chi connectivity index (χ2v) is 9.26. The van der Waals surface area contributed by atoms with E-state index in [0.29, 0.717) is 24.7 Å². The van der Waals surface area contributed by atoms with Crippen molar-refractivity contribution in [2.75, 3.05) is 19.8 Å². The largest absolute Gasteiger partial charge is 0.458 e. The number of esters is 1. The molecule has 5 fully saturated rings. The highest BCUT2D eigenvalue weighted by Crippen LogP contribution is 2.73. The van der Waals surface area contributed by atoms with Gasteiger partial charge in [-0.3, -0.25) is 0 Å². The van der Waals surface area contributed by atoms with Crippen LogP contribution in [0.1, 0.15) is 39.0 Å². The summed E-state index contributed by atoms with van der Waals surface area (Å²) in [5.41, 5.74) is -0.0474. The Kier molecular flexibility index (Phi) is 3.03. The molecule has 142 valence electrons. The summed E-state index contributed by atoms with van der Waals surface area (Å²) in [6.07, 6.45) is 5.62. The zero-order chi connectivity index (χ0) is 17.7. The predicted molar refractivity (Wildman–Crippen MR) is 88.9 cm³/mol. The number of aliphatic hydroxyl groups excluding tert-OH is 1. The summed E-state index contributed by atoms with van der Waals surface area (Å²) >= 11 is 0. The Morgan fingerprint density at radius 1 is 1.31 bits per heavy atom. The van der Waals surface area contributed by atoms with E-state index in [2.05, 4.69) is 6.92 Å². The maximum atomic E-state index is 12.1. The zero-order valence-electron chi connectivity index (χ0n) is 15.1. The second kappa shape index (κ2) is 4.90. The third-order valence-electron chi connectivity index (χ3n) is 8.61. The van der Waals surface area contributed by atoms with Gasteiger partial charge in [0.15, 0.2) is 6.29 Å². The van der Waals surface area contributed by atoms with Crippen LogP contribution in [0.25, 0.3) is 0 Å². The first kappa shape index (κ1) is 16.0. The molecule has 2 bridgehead atoms. The van der Waals surface area contributed by atoms with E-state index in [0.717, 1.165) is 38.7 Å². The van der Waals surface area contributed by atoms with Gasteiger partial charge in [-0.05, 0) is 43.6 Å². The van der Waals surface area contributed by atoms with Crippen molar-refractivity contribution >= 4 is 5.97 Å². The molecule has 1 N–H and O–H groups in total. The zero-order valence-corrected chi connectivity index (χ0v) is 15.1. The van der Waals surface area contributed by atoms with Crippen molar-refractivity contribution in [2.45, 2.75) is 63.1 Å². The van der Waals surface area contributed by atoms with Gasteiger partial charge >= 0.3 is 5.97 Å². The number of carbonyl (C=O) groups excluding carboxylic acids is 1. The minimum Gasteiger partial charge on any atom is -0.458 e. The highest BCUT2D eigenvalue weighted by Gasteiger charge is 2.79. The lowest BCUT2D eigenvalue weighted by Gasteiger charge is -2.66. The highest BCUT2D eigenvalue weighted by atomic mass is 16.7. The molecule has 2 spiro atoms. The van der Waals surface area contributed by atoms with E-state index in [4.69, 9.17) is 18.9 Å². The SMILES string of the molecule is C[C@@H]1C[C@@H](O)[C@]23CO[C@H]4O[C@H](C5=CCOC5=O)C[C@@]41[C@H]2CCC[C@]31CO1. The maximum Gasteiger partial charge on any atom is 0.336 e. The van der Waals surface area contributed by atoms with Crippen LogP contribution in [0.15, 0.2) is 11.6 Å². The third-order valence-corrected chi connectivity index (χ3v) is 8.61. The van der Waals surface area contributed by atoms with Crippen molar-refractivity contribution in [1.29, 1.82) is 0 Å². The van der Waals surface area contributed by atoms with Crippen molar-refractivity contribution in [3.8, 4) is 0 Å². The molecule has 6 aliphatic rings. The van der Waals surface area contributed by atoms with E-state index >= 15 is 0 Å². The minimum absolute atomic E-state index is 0.161. The molecule has 0 radical (unpaired) electrons. The van der Waals surface area contributed by atoms with E-state index in [-0.39, 0.29) is 40.7 Å². The van der Waals surface area contributed by atoms with Crippen LogP contribution in [-0.2, 0) is 23.7 Å². The van der Waals surface area contributed by atoms with Crippen molar-refractivity contribution in [1.82, 2.24) is 0 Å². The van der Waals surface area contributed by atoms with Crippen LogP contribution < -0.4 is 0 Å². The molecule has 3 saturated heterocycles. The van der Waals surface area contributed by atoms with Crippen LogP contribution in [0.2, 0.25) is 0 Å². The first-order chi connectivity index (χ1) is 12.5. The Bertz CT molecular complexity index is 698. The standard InChI is InChI=1S/C20H26O6/c1-11-7-15(21)20-10-24-17-19(11,14(20)3-2-5-18(20)9-25-18)8-13(26-17)12-4-6-23-16(12)22/h4,11,13-15,17,21H,2-3,5-10H2,1H3/t11-,13+,14-,15-,17+,18+,19-,20+/m1/s1. The Morgan fingerprint density at radius 2 is 2.15 bits per heavy atom. The number of hydrogen-bond donors (Lipinski definition) is 1. The number of ether oxygens (including phenoxy) is 4. The number of carbonyl (C=O) groups is 1. The van der Waals surface area contributed by atoms with Gasteiger partial charge in [-0.1, -0.05) is 13.3 Å². The fourth-order valence-corrected chi connectivity index (χ4v) is 7.33. The van der Waals surface area contributed by atoms with Crippen LogP contribution in [0.5, 0.6) is 0 Å². The summed E-state index contributed by atoms with van der Waals surface area (Å²) in [5, 5.41) is 11.2. The van der Waals surface area contributed by atoms with E-state index in [9.17, 15) is 9.90 Å². The number of rotatable bonds is 1. The fourth-order valence-electron chi connectivity index (χ4n) is 7.33. The molecule has 26 heavy (non-hydrogen) atoms. The molecule has 0 aromatic carbocycles. The predicted octanol–water partition coefficient (Wildman–Crippen LogP) is 1.56. The van der Waals surface area contributed by atoms with E-state index < -0.39 is 6.10 Å². The highest BCUT2D eigenvalue weighted by molar-refractivity contribution is 5.91. The summed E-state index contributed by atoms with van der Waals surface area (Å²) in [7, 11) is 0. The molecule has 2 saturated carbocycles. The minimum atomic E-state index is -0.397. The Balaban J connectivity index is 1.45. The van der Waals surface area contributed by atoms with Crippen LogP contribution in [0.3, 0.4) is 0 Å². The summed E-state index contributed by atoms with van der Waals surface area (Å²) in [5.74, 6) is 0.329. The number of epoxide rings is 1. The Morgan fingerprint density at radius 3 is 2.88 bits per heavy atom. The number of aliphatic hydroxyl groups is 1. The van der Waals surface area contributed by atoms with Gasteiger partial charge < -0.3 is 24.1 Å². The van der Waals surface area contributed by atoms with Crippen molar-refractivity contribution in [3.63, 3.8) is 0 Å². The smallest absolute Gasteiger partial charge is 0.336 e. The van der Waals surface area contributed by atoms with Crippen LogP contribution in [0.4, 0.5) is 0 Å². The van der Waals surface area contributed by atoms with E-state index in [1.54, 1.807) is 0 Å². The molecule has 4 heterocycles. The van der Waals surface area contributed by atoms with Crippen LogP contribution in [0, 0.1) is 22.7 Å². The molecule has 2 aliphatic carbocycles. The van der Waals surface area contributed by atoms with Crippen molar-refractivity contribution in [3.05, 3.63) is 11.6 Å². The average Bonchev–Trinajstić information content (AvgIpc) is 3.10. The fraction of sp³-hybridized carbons (Fsp3) is 0.850. The summed E-state index contributed by atoms with van der Waals surface area (Å²) in [6, 6.07) is 0. The van der Waals surface area contributed by atoms with Crippen molar-refractivity contribution in [2.24, 2.45) is 22.7 Å². The molecule has 0 unspecified atom stereocenters. The van der Waals surface area contributed by atoms with Gasteiger partial charge in [0.05, 0.1) is 36.4 Å². The lowest BCUT2D eigenvalue weighted by molar-refractivity contribution is -0.330. The van der Waals surface area contributed by atoms with E-state index in [1.165, 1.54) is 0 Å². The summed E-state index contributed by atoms with van der Waals surface area (Å²) in [4.78, 5) is 12.1. The topological polar surface area (TPSA) is 77.5 Å².